The molecule has 0 amide bonds. The third-order valence-electron chi connectivity index (χ3n) is 3.90. The Hall–Kier alpha value is -0.730. The maximum Gasteiger partial charge on any atom is 0.290 e. The van der Waals surface area contributed by atoms with Gasteiger partial charge >= 0.3 is 0 Å². The van der Waals surface area contributed by atoms with Crippen molar-refractivity contribution in [3.8, 4) is 0 Å². The van der Waals surface area contributed by atoms with Crippen molar-refractivity contribution in [2.24, 2.45) is 11.8 Å². The second-order valence-corrected chi connectivity index (χ2v) is 5.94. The Kier molecular flexibility index (Phi) is 8.89. The van der Waals surface area contributed by atoms with Crippen molar-refractivity contribution < 1.29 is 36.1 Å². The molecule has 0 aromatic carbocycles. The van der Waals surface area contributed by atoms with Crippen molar-refractivity contribution in [2.45, 2.75) is 77.8 Å². The van der Waals surface area contributed by atoms with Crippen LogP contribution in [0.2, 0.25) is 0 Å². The summed E-state index contributed by atoms with van der Waals surface area (Å²) in [6, 6.07) is 0. The molecule has 7 atom stereocenters. The summed E-state index contributed by atoms with van der Waals surface area (Å²) in [4.78, 5) is 8.36. The van der Waals surface area contributed by atoms with Crippen molar-refractivity contribution in [2.75, 3.05) is 0 Å². The molecule has 132 valence electrons. The topological polar surface area (TPSA) is 116 Å². The molecule has 0 aromatic rings. The molecule has 0 radical (unpaired) electrons. The SMILES string of the molecule is O=CO.[2H]CC(O)C(O)C1OC(OC(C)C(C)C)CC(O)C1C. The van der Waals surface area contributed by atoms with E-state index in [1.165, 1.54) is 0 Å². The van der Waals surface area contributed by atoms with E-state index in [9.17, 15) is 15.3 Å². The van der Waals surface area contributed by atoms with Crippen LogP contribution in [0.4, 0.5) is 0 Å². The lowest BCUT2D eigenvalue weighted by Crippen LogP contribution is -2.52. The average molecular weight is 323 g/mol. The summed E-state index contributed by atoms with van der Waals surface area (Å²) in [7, 11) is 0. The zero-order valence-electron chi connectivity index (χ0n) is 14.6. The fourth-order valence-corrected chi connectivity index (χ4v) is 2.08. The maximum atomic E-state index is 10.1. The van der Waals surface area contributed by atoms with E-state index in [-0.39, 0.29) is 25.4 Å². The zero-order valence-corrected chi connectivity index (χ0v) is 13.6. The second kappa shape index (κ2) is 10.1. The molecule has 1 aliphatic rings. The predicted molar refractivity (Wildman–Crippen MR) is 80.2 cm³/mol. The van der Waals surface area contributed by atoms with Crippen molar-refractivity contribution in [1.82, 2.24) is 0 Å². The minimum Gasteiger partial charge on any atom is -0.483 e. The van der Waals surface area contributed by atoms with Crippen molar-refractivity contribution in [3.63, 3.8) is 0 Å². The molecule has 0 aliphatic carbocycles. The lowest BCUT2D eigenvalue weighted by Gasteiger charge is -2.41. The van der Waals surface area contributed by atoms with Crippen LogP contribution in [0, 0.1) is 11.8 Å². The largest absolute Gasteiger partial charge is 0.483 e. The lowest BCUT2D eigenvalue weighted by molar-refractivity contribution is -0.274. The first-order chi connectivity index (χ1) is 10.7. The number of hydrogen-bond donors (Lipinski definition) is 4. The Bertz CT molecular complexity index is 329. The third kappa shape index (κ3) is 6.58. The fraction of sp³-hybridized carbons (Fsp3) is 0.933. The number of aliphatic hydroxyl groups is 3. The van der Waals surface area contributed by atoms with E-state index in [1.54, 1.807) is 6.92 Å². The summed E-state index contributed by atoms with van der Waals surface area (Å²) in [5, 5.41) is 36.6. The highest BCUT2D eigenvalue weighted by Crippen LogP contribution is 2.30. The molecule has 1 heterocycles. The molecule has 7 heteroatoms. The molecule has 0 bridgehead atoms. The van der Waals surface area contributed by atoms with Crippen molar-refractivity contribution >= 4 is 6.47 Å². The summed E-state index contributed by atoms with van der Waals surface area (Å²) in [6.45, 7) is 7.20. The standard InChI is InChI=1S/C14H28O5.CH2O2/c1-7(2)10(5)18-12-6-11(16)8(3)14(19-12)13(17)9(4)15;2-1-3/h7-17H,6H2,1-5H3;1H,(H,2,3)/i4D;. The number of rotatable bonds is 5. The predicted octanol–water partition coefficient (Wildman–Crippen LogP) is 0.602. The minimum atomic E-state index is -1.20. The van der Waals surface area contributed by atoms with Gasteiger partial charge in [-0.1, -0.05) is 20.8 Å². The number of ether oxygens (including phenoxy) is 2. The van der Waals surface area contributed by atoms with Gasteiger partial charge in [0.15, 0.2) is 6.29 Å². The van der Waals surface area contributed by atoms with E-state index in [0.29, 0.717) is 12.3 Å². The van der Waals surface area contributed by atoms with Crippen molar-refractivity contribution in [1.29, 1.82) is 0 Å². The Morgan fingerprint density at radius 1 is 1.36 bits per heavy atom. The Labute approximate surface area is 133 Å². The van der Waals surface area contributed by atoms with E-state index < -0.39 is 30.7 Å². The lowest BCUT2D eigenvalue weighted by atomic mass is 9.88. The molecule has 22 heavy (non-hydrogen) atoms. The normalized spacial score (nSPS) is 33.2. The van der Waals surface area contributed by atoms with Gasteiger partial charge in [-0.15, -0.1) is 0 Å². The summed E-state index contributed by atoms with van der Waals surface area (Å²) in [5.74, 6) is -0.00213. The average Bonchev–Trinajstić information content (AvgIpc) is 2.49. The van der Waals surface area contributed by atoms with Gasteiger partial charge in [0.2, 0.25) is 0 Å². The van der Waals surface area contributed by atoms with Gasteiger partial charge in [-0.25, -0.2) is 0 Å². The summed E-state index contributed by atoms with van der Waals surface area (Å²) < 4.78 is 18.6. The Morgan fingerprint density at radius 2 is 1.91 bits per heavy atom. The van der Waals surface area contributed by atoms with Gasteiger partial charge in [0.25, 0.3) is 6.47 Å². The monoisotopic (exact) mass is 323 g/mol. The second-order valence-electron chi connectivity index (χ2n) is 5.94. The summed E-state index contributed by atoms with van der Waals surface area (Å²) >= 11 is 0. The highest BCUT2D eigenvalue weighted by molar-refractivity contribution is 5.32. The molecular formula is C15H30O7. The fourth-order valence-electron chi connectivity index (χ4n) is 2.08. The Morgan fingerprint density at radius 3 is 2.36 bits per heavy atom. The molecule has 0 saturated carbocycles. The smallest absolute Gasteiger partial charge is 0.290 e. The van der Waals surface area contributed by atoms with E-state index in [2.05, 4.69) is 0 Å². The first-order valence-corrected chi connectivity index (χ1v) is 7.41. The van der Waals surface area contributed by atoms with E-state index >= 15 is 0 Å². The summed E-state index contributed by atoms with van der Waals surface area (Å²) in [6.07, 6.45) is -4.06. The van der Waals surface area contributed by atoms with Crippen LogP contribution >= 0.6 is 0 Å². The van der Waals surface area contributed by atoms with Crippen LogP contribution in [0.5, 0.6) is 0 Å². The van der Waals surface area contributed by atoms with Crippen LogP contribution in [0.1, 0.15) is 42.4 Å². The molecule has 0 aromatic heterocycles. The highest BCUT2D eigenvalue weighted by Gasteiger charge is 2.41. The number of hydrogen-bond acceptors (Lipinski definition) is 6. The molecule has 4 N–H and O–H groups in total. The third-order valence-corrected chi connectivity index (χ3v) is 3.90. The molecule has 1 aliphatic heterocycles. The first-order valence-electron chi connectivity index (χ1n) is 8.12. The molecule has 7 nitrogen and oxygen atoms in total. The first kappa shape index (κ1) is 19.3. The van der Waals surface area contributed by atoms with Gasteiger partial charge in [-0.2, -0.15) is 0 Å². The van der Waals surface area contributed by atoms with E-state index in [0.717, 1.165) is 0 Å². The van der Waals surface area contributed by atoms with Crippen LogP contribution in [0.3, 0.4) is 0 Å². The maximum absolute atomic E-state index is 10.1. The minimum absolute atomic E-state index is 0.0282. The summed E-state index contributed by atoms with van der Waals surface area (Å²) in [5.41, 5.74) is 0. The molecule has 7 unspecified atom stereocenters. The number of carboxylic acid groups (broad SMARTS) is 1. The van der Waals surface area contributed by atoms with Gasteiger partial charge < -0.3 is 29.9 Å². The Balaban J connectivity index is 0.00000149. The van der Waals surface area contributed by atoms with Crippen LogP contribution in [-0.2, 0) is 14.3 Å². The highest BCUT2D eigenvalue weighted by atomic mass is 16.7. The van der Waals surface area contributed by atoms with Gasteiger partial charge in [0, 0.05) is 13.7 Å². The van der Waals surface area contributed by atoms with Crippen molar-refractivity contribution in [3.05, 3.63) is 0 Å². The quantitative estimate of drug-likeness (QED) is 0.547. The van der Waals surface area contributed by atoms with E-state index in [4.69, 9.17) is 20.7 Å². The zero-order chi connectivity index (χ0) is 18.2. The molecule has 1 rings (SSSR count). The van der Waals surface area contributed by atoms with Crippen LogP contribution in [-0.4, -0.2) is 63.7 Å². The van der Waals surface area contributed by atoms with Gasteiger partial charge in [0.1, 0.15) is 6.10 Å². The molecular weight excluding hydrogens is 292 g/mol. The van der Waals surface area contributed by atoms with E-state index in [1.807, 2.05) is 20.8 Å². The van der Waals surface area contributed by atoms with Gasteiger partial charge in [0.05, 0.1) is 24.4 Å². The molecule has 1 fully saturated rings. The number of carbonyl (C=O) groups is 1. The van der Waals surface area contributed by atoms with Gasteiger partial charge in [-0.3, -0.25) is 4.79 Å². The number of aliphatic hydroxyl groups excluding tert-OH is 3. The molecule has 1 saturated heterocycles. The van der Waals surface area contributed by atoms with Crippen LogP contribution < -0.4 is 0 Å². The van der Waals surface area contributed by atoms with Gasteiger partial charge in [-0.05, 0) is 19.7 Å². The molecule has 0 spiro atoms. The van der Waals surface area contributed by atoms with Crippen LogP contribution in [0.15, 0.2) is 0 Å². The van der Waals surface area contributed by atoms with Crippen LogP contribution in [0.25, 0.3) is 0 Å².